The first kappa shape index (κ1) is 180. The van der Waals surface area contributed by atoms with Crippen LogP contribution in [0, 0.1) is 50.2 Å². The van der Waals surface area contributed by atoms with Crippen LogP contribution in [0.3, 0.4) is 0 Å². The molecule has 10 unspecified atom stereocenters. The van der Waals surface area contributed by atoms with E-state index in [4.69, 9.17) is 9.47 Å². The minimum Gasteiger partial charge on any atom is -0.481 e. The van der Waals surface area contributed by atoms with Gasteiger partial charge in [-0.15, -0.1) is 0 Å². The van der Waals surface area contributed by atoms with Crippen molar-refractivity contribution in [2.45, 2.75) is 104 Å². The molecule has 0 bridgehead atoms. The molecule has 5 aliphatic carbocycles. The van der Waals surface area contributed by atoms with Gasteiger partial charge >= 0.3 is 11.9 Å². The molecule has 70 heavy (non-hydrogen) atoms. The zero-order chi connectivity index (χ0) is 29.7. The number of ether oxygens (including phenoxy) is 2. The topological polar surface area (TPSA) is 134 Å². The third-order valence-electron chi connectivity index (χ3n) is 13.9. The second-order valence-electron chi connectivity index (χ2n) is 15.3. The molecule has 316 valence electrons. The van der Waals surface area contributed by atoms with E-state index in [1.54, 1.807) is 7.11 Å². The molecule has 0 aromatic rings. The third-order valence-corrected chi connectivity index (χ3v) is 13.9. The van der Waals surface area contributed by atoms with E-state index in [-0.39, 0.29) is 1010 Å². The van der Waals surface area contributed by atoms with Gasteiger partial charge in [0.2, 0.25) is 0 Å². The number of carbonyl (C=O) groups is 2. The van der Waals surface area contributed by atoms with E-state index in [1.165, 1.54) is 7.11 Å². The Hall–Kier alpha value is 31.6. The first-order valence-corrected chi connectivity index (χ1v) is 15.1. The Balaban J connectivity index is -0.0000000269. The van der Waals surface area contributed by atoms with Crippen molar-refractivity contribution in [2.75, 3.05) is 20.8 Å². The number of fused-ring (bicyclic) bond motifs is 7. The van der Waals surface area contributed by atoms with Crippen molar-refractivity contribution in [1.29, 1.82) is 0 Å². The molecular formula is C32H50O8Y30. The van der Waals surface area contributed by atoms with Crippen LogP contribution in [0.15, 0.2) is 11.6 Å². The average Bonchev–Trinajstić information content (AvgIpc) is 2.89. The molecular weight excluding hydrogens is 3180 g/mol. The van der Waals surface area contributed by atoms with Gasteiger partial charge in [0.25, 0.3) is 0 Å². The summed E-state index contributed by atoms with van der Waals surface area (Å²) < 4.78 is 11.7. The molecule has 30 radical (unpaired) electrons. The van der Waals surface area contributed by atoms with Crippen molar-refractivity contribution in [3.63, 3.8) is 0 Å². The van der Waals surface area contributed by atoms with Crippen LogP contribution in [0.25, 0.3) is 0 Å². The van der Waals surface area contributed by atoms with Gasteiger partial charge in [0.15, 0.2) is 0 Å². The summed E-state index contributed by atoms with van der Waals surface area (Å²) in [4.78, 5) is 25.9. The maximum Gasteiger partial charge on any atom is 0.315 e. The maximum atomic E-state index is 13.0. The van der Waals surface area contributed by atoms with E-state index in [9.17, 15) is 30.0 Å². The van der Waals surface area contributed by atoms with Crippen molar-refractivity contribution in [1.82, 2.24) is 0 Å². The third kappa shape index (κ3) is 43.3. The van der Waals surface area contributed by atoms with E-state index in [1.807, 2.05) is 0 Å². The first-order chi connectivity index (χ1) is 18.6. The quantitative estimate of drug-likeness (QED) is 0.298. The Morgan fingerprint density at radius 2 is 0.914 bits per heavy atom. The minimum atomic E-state index is -1.48. The van der Waals surface area contributed by atoms with E-state index >= 15 is 0 Å². The molecule has 0 spiro atoms. The molecule has 4 saturated carbocycles. The van der Waals surface area contributed by atoms with E-state index in [0.29, 0.717) is 38.5 Å². The zero-order valence-corrected chi connectivity index (χ0v) is 128. The summed E-state index contributed by atoms with van der Waals surface area (Å²) >= 11 is 0. The van der Waals surface area contributed by atoms with Gasteiger partial charge < -0.3 is 29.9 Å². The monoisotopic (exact) mass is 3230 g/mol. The summed E-state index contributed by atoms with van der Waals surface area (Å²) in [6.07, 6.45) is 5.42. The first-order valence-electron chi connectivity index (χ1n) is 15.1. The number of allylic oxidation sites excluding steroid dienone is 1. The molecule has 5 rings (SSSR count). The Kier molecular flexibility index (Phi) is 226. The summed E-state index contributed by atoms with van der Waals surface area (Å²) in [6, 6.07) is 0. The number of hydrogen-bond acceptors (Lipinski definition) is 6. The van der Waals surface area contributed by atoms with Gasteiger partial charge in [-0.2, -0.15) is 0 Å². The summed E-state index contributed by atoms with van der Waals surface area (Å²) in [6.45, 7) is 10.4. The van der Waals surface area contributed by atoms with Gasteiger partial charge in [0.1, 0.15) is 11.5 Å². The van der Waals surface area contributed by atoms with Crippen molar-refractivity contribution >= 4 is 11.9 Å². The summed E-state index contributed by atoms with van der Waals surface area (Å²) in [5, 5.41) is 43.8. The largest absolute Gasteiger partial charge is 0.481 e. The molecule has 5 aliphatic rings. The fraction of sp³-hybridized carbons (Fsp3) is 0.875. The van der Waals surface area contributed by atoms with Crippen LogP contribution >= 0.6 is 0 Å². The van der Waals surface area contributed by atoms with Crippen LogP contribution in [0.4, 0.5) is 0 Å². The standard InChI is InChI=1S/C32H50O8.30Y/c1-27(2)12-14-31(25(35)36)15-13-29(4)18(22(31)23(27)34)8-9-20-28(3)16-19(39-6)24(40-7)32(17-33,26(37)38)21(28)10-11-30(20,29)5;;;;;;;;;;;;;;;;;;;;;;;;;;;;;;/h8,19-24,33-34H,9-17H2,1-7H3,(H,35,36)(H,37,38);;;;;;;;;;;;;;;;;;;;;;;;;;;;;;/t19?,20?,21?,22?,23?,24?,28?,29?,30?,31?,32-;;;;;;;;;;;;;;;;;;;;;;;;;;;;;;/m0............................../s1. The molecule has 0 aromatic heterocycles. The molecule has 0 amide bonds. The number of rotatable bonds is 5. The van der Waals surface area contributed by atoms with Crippen molar-refractivity contribution in [3.8, 4) is 0 Å². The number of carboxylic acid groups (broad SMARTS) is 2. The Morgan fingerprint density at radius 3 is 1.23 bits per heavy atom. The minimum absolute atomic E-state index is 0. The molecule has 0 aliphatic heterocycles. The predicted octanol–water partition coefficient (Wildman–Crippen LogP) is 4.45. The maximum absolute atomic E-state index is 13.0. The Labute approximate surface area is 1180 Å². The van der Waals surface area contributed by atoms with E-state index in [2.05, 4.69) is 40.7 Å². The van der Waals surface area contributed by atoms with Crippen molar-refractivity contribution < 1.29 is 1020 Å². The second-order valence-corrected chi connectivity index (χ2v) is 15.3. The number of aliphatic carboxylic acids is 2. The van der Waals surface area contributed by atoms with Gasteiger partial charge in [0, 0.05) is 1000 Å². The van der Waals surface area contributed by atoms with Crippen LogP contribution in [0.2, 0.25) is 0 Å². The Bertz CT molecular complexity index is 1170. The van der Waals surface area contributed by atoms with Gasteiger partial charge in [0.05, 0.1) is 24.2 Å². The van der Waals surface area contributed by atoms with E-state index in [0.717, 1.165) is 18.4 Å². The second kappa shape index (κ2) is 87.9. The van der Waals surface area contributed by atoms with E-state index < -0.39 is 59.0 Å². The molecule has 0 saturated heterocycles. The molecule has 11 atom stereocenters. The summed E-state index contributed by atoms with van der Waals surface area (Å²) in [5.41, 5.74) is -2.76. The predicted molar refractivity (Wildman–Crippen MR) is 148 cm³/mol. The van der Waals surface area contributed by atoms with Crippen molar-refractivity contribution in [2.24, 2.45) is 50.2 Å². The van der Waals surface area contributed by atoms with Gasteiger partial charge in [-0.25, -0.2) is 0 Å². The van der Waals surface area contributed by atoms with Gasteiger partial charge in [-0.1, -0.05) is 46.3 Å². The molecule has 0 aromatic carbocycles. The zero-order valence-electron chi connectivity index (χ0n) is 42.6. The normalized spacial score (nSPS) is 29.4. The number of aliphatic hydroxyl groups is 2. The van der Waals surface area contributed by atoms with Crippen LogP contribution in [-0.2, 0) is 1000 Å². The summed E-state index contributed by atoms with van der Waals surface area (Å²) in [7, 11) is 3.09. The van der Waals surface area contributed by atoms with Crippen molar-refractivity contribution in [3.05, 3.63) is 11.6 Å². The van der Waals surface area contributed by atoms with Crippen LogP contribution in [0.1, 0.15) is 86.0 Å². The SMILES string of the molecule is COC1CC2(C)C3CC=C4C5C(O)C(C)(C)CCC5(C(=O)O)CCC4(C)C3(C)CCC2[C@](CO)(C(=O)O)C1OC.[Y].[Y].[Y].[Y].[Y].[Y].[Y].[Y].[Y].[Y].[Y].[Y].[Y].[Y].[Y].[Y].[Y].[Y].[Y].[Y].[Y].[Y].[Y].[Y].[Y].[Y].[Y].[Y].[Y].[Y]. The smallest absolute Gasteiger partial charge is 0.315 e. The fourth-order valence-electron chi connectivity index (χ4n) is 11.3. The van der Waals surface area contributed by atoms with Crippen LogP contribution in [0.5, 0.6) is 0 Å². The Morgan fingerprint density at radius 1 is 0.543 bits per heavy atom. The number of hydrogen-bond donors (Lipinski definition) is 4. The number of carboxylic acids is 2. The van der Waals surface area contributed by atoms with Crippen LogP contribution < -0.4 is 0 Å². The molecule has 4 N–H and O–H groups in total. The summed E-state index contributed by atoms with van der Waals surface area (Å²) in [5.74, 6) is -2.50. The van der Waals surface area contributed by atoms with Gasteiger partial charge in [-0.05, 0) is 84.9 Å². The number of aliphatic hydroxyl groups excluding tert-OH is 2. The average molecular weight is 3230 g/mol. The molecule has 4 fully saturated rings. The van der Waals surface area contributed by atoms with Crippen LogP contribution in [-0.4, -0.2) is 71.5 Å². The molecule has 0 heterocycles. The number of methoxy groups -OCH3 is 2. The fourth-order valence-corrected chi connectivity index (χ4v) is 11.3. The molecule has 38 heteroatoms. The van der Waals surface area contributed by atoms with Gasteiger partial charge in [-0.3, -0.25) is 9.59 Å². The molecule has 8 nitrogen and oxygen atoms in total.